The predicted molar refractivity (Wildman–Crippen MR) is 80.0 cm³/mol. The van der Waals surface area contributed by atoms with Crippen molar-refractivity contribution in [2.24, 2.45) is 5.73 Å². The fourth-order valence-corrected chi connectivity index (χ4v) is 2.59. The van der Waals surface area contributed by atoms with E-state index in [9.17, 15) is 24.4 Å². The predicted octanol–water partition coefficient (Wildman–Crippen LogP) is -1.62. The van der Waals surface area contributed by atoms with Crippen molar-refractivity contribution >= 4 is 53.4 Å². The van der Waals surface area contributed by atoms with Crippen molar-refractivity contribution in [3.8, 4) is 0 Å². The number of hydroxylamine groups is 2. The molecule has 134 valence electrons. The summed E-state index contributed by atoms with van der Waals surface area (Å²) in [5.74, 6) is -6.24. The first-order valence-corrected chi connectivity index (χ1v) is 6.52. The van der Waals surface area contributed by atoms with Gasteiger partial charge in [-0.25, -0.2) is 0 Å². The van der Waals surface area contributed by atoms with Gasteiger partial charge in [0.2, 0.25) is 0 Å². The summed E-state index contributed by atoms with van der Waals surface area (Å²) in [6.07, 6.45) is -4.20. The van der Waals surface area contributed by atoms with Gasteiger partial charge in [0.1, 0.15) is 0 Å². The van der Waals surface area contributed by atoms with E-state index in [-0.39, 0.29) is 36.1 Å². The number of hydrogen-bond acceptors (Lipinski definition) is 7. The van der Waals surface area contributed by atoms with E-state index >= 15 is 0 Å². The second-order valence-corrected chi connectivity index (χ2v) is 5.19. The fourth-order valence-electron chi connectivity index (χ4n) is 2.59. The average molecular weight is 360 g/mol. The Hall–Kier alpha value is -1.24. The van der Waals surface area contributed by atoms with Crippen molar-refractivity contribution in [2.75, 3.05) is 6.54 Å². The number of aliphatic carboxylic acids is 4. The van der Waals surface area contributed by atoms with Crippen LogP contribution in [0, 0.1) is 0 Å². The molecule has 0 unspecified atom stereocenters. The molecule has 0 aliphatic rings. The van der Waals surface area contributed by atoms with Gasteiger partial charge >= 0.3 is 53.4 Å². The number of carbonyl (C=O) groups is 4. The molecule has 0 fully saturated rings. The van der Waals surface area contributed by atoms with Crippen molar-refractivity contribution in [2.45, 2.75) is 43.7 Å². The Morgan fingerprint density at radius 3 is 1.33 bits per heavy atom. The van der Waals surface area contributed by atoms with Crippen LogP contribution in [0.25, 0.3) is 0 Å². The van der Waals surface area contributed by atoms with Crippen LogP contribution < -0.4 is 5.73 Å². The molecular weight excluding hydrogens is 339 g/mol. The Kier molecular flexibility index (Phi) is 10.3. The molecule has 12 heteroatoms. The summed E-state index contributed by atoms with van der Waals surface area (Å²) in [4.78, 5) is 44.4. The van der Waals surface area contributed by atoms with Gasteiger partial charge in [0.15, 0.2) is 0 Å². The molecular formula is C12H21N2NaO9. The number of carboxylic acids is 4. The van der Waals surface area contributed by atoms with E-state index in [1.165, 1.54) is 6.92 Å². The van der Waals surface area contributed by atoms with Gasteiger partial charge < -0.3 is 31.4 Å². The van der Waals surface area contributed by atoms with Gasteiger partial charge in [0, 0.05) is 6.54 Å². The van der Waals surface area contributed by atoms with E-state index in [0.717, 1.165) is 0 Å². The summed E-state index contributed by atoms with van der Waals surface area (Å²) < 4.78 is 0. The molecule has 0 aliphatic carbocycles. The van der Waals surface area contributed by atoms with Crippen LogP contribution >= 0.6 is 0 Å². The molecule has 0 aromatic carbocycles. The van der Waals surface area contributed by atoms with Gasteiger partial charge in [-0.15, -0.1) is 0 Å². The molecule has 0 bridgehead atoms. The first-order valence-electron chi connectivity index (χ1n) is 6.52. The number of rotatable bonds is 11. The summed E-state index contributed by atoms with van der Waals surface area (Å²) in [6.45, 7) is 1.05. The third-order valence-electron chi connectivity index (χ3n) is 3.54. The van der Waals surface area contributed by atoms with Crippen LogP contribution in [-0.2, 0) is 19.2 Å². The zero-order chi connectivity index (χ0) is 18.4. The van der Waals surface area contributed by atoms with Crippen molar-refractivity contribution in [3.05, 3.63) is 0 Å². The van der Waals surface area contributed by atoms with Crippen molar-refractivity contribution in [1.29, 1.82) is 0 Å². The summed E-state index contributed by atoms with van der Waals surface area (Å²) >= 11 is 0. The molecule has 0 amide bonds. The molecule has 0 heterocycles. The number of carboxylic acid groups (broad SMARTS) is 4. The van der Waals surface area contributed by atoms with E-state index < -0.39 is 60.6 Å². The molecule has 11 nitrogen and oxygen atoms in total. The van der Waals surface area contributed by atoms with Crippen LogP contribution in [0.1, 0.15) is 32.6 Å². The summed E-state index contributed by atoms with van der Waals surface area (Å²) in [6, 6.07) is 0. The fraction of sp³-hybridized carbons (Fsp3) is 0.667. The monoisotopic (exact) mass is 360 g/mol. The zero-order valence-electron chi connectivity index (χ0n) is 12.4. The van der Waals surface area contributed by atoms with Crippen LogP contribution in [-0.4, -0.2) is 102 Å². The zero-order valence-corrected chi connectivity index (χ0v) is 12.4. The second-order valence-electron chi connectivity index (χ2n) is 5.19. The maximum absolute atomic E-state index is 11.2. The van der Waals surface area contributed by atoms with E-state index in [2.05, 4.69) is 0 Å². The van der Waals surface area contributed by atoms with Crippen LogP contribution in [0.5, 0.6) is 0 Å². The number of nitrogens with zero attached hydrogens (tertiary/aromatic N) is 1. The molecule has 7 N–H and O–H groups in total. The van der Waals surface area contributed by atoms with Crippen molar-refractivity contribution in [3.63, 3.8) is 0 Å². The summed E-state index contributed by atoms with van der Waals surface area (Å²) in [5.41, 5.74) is 1.20. The summed E-state index contributed by atoms with van der Waals surface area (Å²) in [7, 11) is 0. The van der Waals surface area contributed by atoms with Crippen LogP contribution in [0.3, 0.4) is 0 Å². The normalized spacial score (nSPS) is 11.7. The molecule has 0 atom stereocenters. The van der Waals surface area contributed by atoms with Crippen molar-refractivity contribution < 1.29 is 44.8 Å². The van der Waals surface area contributed by atoms with Gasteiger partial charge in [-0.1, -0.05) is 6.92 Å². The molecule has 0 aromatic rings. The first kappa shape index (κ1) is 25.0. The van der Waals surface area contributed by atoms with E-state index in [1.807, 2.05) is 0 Å². The standard InChI is InChI=1S/C12H20N2O9.Na.H/c1-2-14(23)12(5-9(19)20,6-10(21)22)11(13,3-7(15)16)4-8(17)18;;/h23H,2-6,13H2,1H3,(H,15,16)(H,17,18)(H,19,20)(H,21,22);;. The Bertz CT molecular complexity index is 465. The topological polar surface area (TPSA) is 199 Å². The minimum atomic E-state index is -2.34. The molecule has 0 spiro atoms. The quantitative estimate of drug-likeness (QED) is 0.183. The minimum absolute atomic E-state index is 0. The van der Waals surface area contributed by atoms with E-state index in [4.69, 9.17) is 26.2 Å². The van der Waals surface area contributed by atoms with E-state index in [1.54, 1.807) is 0 Å². The molecule has 0 saturated carbocycles. The van der Waals surface area contributed by atoms with Crippen LogP contribution in [0.4, 0.5) is 0 Å². The van der Waals surface area contributed by atoms with Crippen LogP contribution in [0.2, 0.25) is 0 Å². The Morgan fingerprint density at radius 2 is 1.12 bits per heavy atom. The summed E-state index contributed by atoms with van der Waals surface area (Å²) in [5, 5.41) is 46.4. The van der Waals surface area contributed by atoms with Gasteiger partial charge in [-0.3, -0.25) is 19.2 Å². The molecule has 0 radical (unpaired) electrons. The van der Waals surface area contributed by atoms with E-state index in [0.29, 0.717) is 5.06 Å². The molecule has 24 heavy (non-hydrogen) atoms. The van der Waals surface area contributed by atoms with Gasteiger partial charge in [0.05, 0.1) is 36.8 Å². The third kappa shape index (κ3) is 6.34. The number of nitrogens with two attached hydrogens (primary N) is 1. The second kappa shape index (κ2) is 9.91. The average Bonchev–Trinajstić information content (AvgIpc) is 2.33. The SMILES string of the molecule is CCN(O)C(CC(=O)O)(CC(=O)O)C(N)(CC(=O)O)CC(=O)O.[NaH]. The Morgan fingerprint density at radius 1 is 0.833 bits per heavy atom. The molecule has 0 aromatic heterocycles. The van der Waals surface area contributed by atoms with Gasteiger partial charge in [-0.05, 0) is 0 Å². The Balaban J connectivity index is 0. The first-order chi connectivity index (χ1) is 10.4. The van der Waals surface area contributed by atoms with Crippen LogP contribution in [0.15, 0.2) is 0 Å². The number of hydrogen-bond donors (Lipinski definition) is 6. The maximum atomic E-state index is 11.2. The number of likely N-dealkylation sites (N-methyl/N-ethyl adjacent to an activating group) is 1. The van der Waals surface area contributed by atoms with Gasteiger partial charge in [0.25, 0.3) is 0 Å². The molecule has 0 aliphatic heterocycles. The van der Waals surface area contributed by atoms with Crippen molar-refractivity contribution in [1.82, 2.24) is 5.06 Å². The third-order valence-corrected chi connectivity index (χ3v) is 3.54. The molecule has 0 saturated heterocycles. The Labute approximate surface area is 159 Å². The van der Waals surface area contributed by atoms with Gasteiger partial charge in [-0.2, -0.15) is 5.06 Å². The molecule has 0 rings (SSSR count).